The van der Waals surface area contributed by atoms with Crippen molar-refractivity contribution in [2.75, 3.05) is 21.3 Å². The molecule has 0 aliphatic rings. The highest BCUT2D eigenvalue weighted by Gasteiger charge is 2.51. The average Bonchev–Trinajstić information content (AvgIpc) is 2.15. The second-order valence-electron chi connectivity index (χ2n) is 2.87. The van der Waals surface area contributed by atoms with E-state index >= 15 is 0 Å². The molecule has 0 heterocycles. The summed E-state index contributed by atoms with van der Waals surface area (Å²) in [7, 11) is 0.887. The maximum Gasteiger partial charge on any atom is 0.350 e. The summed E-state index contributed by atoms with van der Waals surface area (Å²) in [6, 6.07) is 0. The molecule has 72 valence electrons. The van der Waals surface area contributed by atoms with Gasteiger partial charge in [0.05, 0.1) is 0 Å². The summed E-state index contributed by atoms with van der Waals surface area (Å²) in [5.41, 5.74) is 1.87. The van der Waals surface area contributed by atoms with Crippen LogP contribution in [0.3, 0.4) is 0 Å². The van der Waals surface area contributed by atoms with Crippen LogP contribution in [-0.2, 0) is 13.3 Å². The monoisotopic (exact) mass is 206 g/mol. The average molecular weight is 206 g/mol. The molecule has 0 aliphatic carbocycles. The Morgan fingerprint density at radius 2 is 1.42 bits per heavy atom. The molecule has 12 heavy (non-hydrogen) atoms. The van der Waals surface area contributed by atoms with Gasteiger partial charge in [0.25, 0.3) is 7.83 Å². The molecule has 1 atom stereocenters. The van der Waals surface area contributed by atoms with E-state index in [9.17, 15) is 0 Å². The van der Waals surface area contributed by atoms with E-state index in [1.807, 2.05) is 12.2 Å². The van der Waals surface area contributed by atoms with E-state index < -0.39 is 15.9 Å². The van der Waals surface area contributed by atoms with Crippen LogP contribution in [0.25, 0.3) is 0 Å². The van der Waals surface area contributed by atoms with Crippen LogP contribution in [0.1, 0.15) is 0 Å². The van der Waals surface area contributed by atoms with Crippen LogP contribution in [0.4, 0.5) is 0 Å². The molecule has 0 bridgehead atoms. The van der Waals surface area contributed by atoms with Gasteiger partial charge in [0, 0.05) is 21.3 Å². The molecule has 0 aliphatic heterocycles. The molecule has 0 radical (unpaired) electrons. The Balaban J connectivity index is 4.78. The fourth-order valence-electron chi connectivity index (χ4n) is 0.943. The highest BCUT2D eigenvalue weighted by molar-refractivity contribution is 7.35. The van der Waals surface area contributed by atoms with Crippen molar-refractivity contribution in [1.82, 2.24) is 0 Å². The van der Waals surface area contributed by atoms with Gasteiger partial charge >= 0.3 is 8.08 Å². The fourth-order valence-corrected chi connectivity index (χ4v) is 7.48. The van der Waals surface area contributed by atoms with Crippen molar-refractivity contribution in [2.45, 2.75) is 13.1 Å². The Morgan fingerprint density at radius 1 is 1.00 bits per heavy atom. The van der Waals surface area contributed by atoms with E-state index in [1.165, 1.54) is 0 Å². The molecule has 1 unspecified atom stereocenters. The molecule has 5 heteroatoms. The molecular weight excluding hydrogens is 188 g/mol. The zero-order chi connectivity index (χ0) is 9.83. The Morgan fingerprint density at radius 3 is 1.50 bits per heavy atom. The molecule has 0 saturated carbocycles. The first-order valence-electron chi connectivity index (χ1n) is 3.78. The summed E-state index contributed by atoms with van der Waals surface area (Å²) in [4.78, 5) is 0. The Bertz CT molecular complexity index is 159. The molecule has 0 aromatic heterocycles. The van der Waals surface area contributed by atoms with Crippen LogP contribution < -0.4 is 0 Å². The first-order chi connectivity index (χ1) is 5.49. The SMILES string of the molecule is C=C[Si](C)(OC)[Si](C)(OC)OC. The van der Waals surface area contributed by atoms with Crippen molar-refractivity contribution in [3.63, 3.8) is 0 Å². The lowest BCUT2D eigenvalue weighted by atomic mass is 11.3. The Labute approximate surface area is 76.5 Å². The fraction of sp³-hybridized carbons (Fsp3) is 0.714. The molecule has 0 aromatic carbocycles. The van der Waals surface area contributed by atoms with Gasteiger partial charge in [-0.05, 0) is 13.1 Å². The van der Waals surface area contributed by atoms with E-state index in [2.05, 4.69) is 13.1 Å². The molecule has 0 rings (SSSR count). The lowest BCUT2D eigenvalue weighted by molar-refractivity contribution is 0.257. The summed E-state index contributed by atoms with van der Waals surface area (Å²) in [5, 5.41) is 0. The van der Waals surface area contributed by atoms with E-state index in [0.717, 1.165) is 0 Å². The third kappa shape index (κ3) is 1.86. The molecule has 0 amide bonds. The molecule has 0 fully saturated rings. The van der Waals surface area contributed by atoms with Crippen LogP contribution >= 0.6 is 0 Å². The largest absolute Gasteiger partial charge is 0.413 e. The van der Waals surface area contributed by atoms with Crippen molar-refractivity contribution in [3.05, 3.63) is 12.3 Å². The van der Waals surface area contributed by atoms with Gasteiger partial charge in [-0.1, -0.05) is 5.70 Å². The lowest BCUT2D eigenvalue weighted by Crippen LogP contribution is -2.62. The first kappa shape index (κ1) is 12.1. The highest BCUT2D eigenvalue weighted by Crippen LogP contribution is 2.21. The van der Waals surface area contributed by atoms with Crippen LogP contribution in [0.2, 0.25) is 13.1 Å². The maximum absolute atomic E-state index is 5.47. The lowest BCUT2D eigenvalue weighted by Gasteiger charge is -2.35. The van der Waals surface area contributed by atoms with Crippen LogP contribution in [-0.4, -0.2) is 37.2 Å². The standard InChI is InChI=1S/C7H18O3Si2/c1-7-11(5,8-2)12(6,9-3)10-4/h7H,1H2,2-6H3. The van der Waals surface area contributed by atoms with Crippen LogP contribution in [0, 0.1) is 0 Å². The first-order valence-corrected chi connectivity index (χ1v) is 9.59. The van der Waals surface area contributed by atoms with Crippen molar-refractivity contribution in [3.8, 4) is 0 Å². The Kier molecular flexibility index (Phi) is 4.35. The van der Waals surface area contributed by atoms with Crippen molar-refractivity contribution in [2.24, 2.45) is 0 Å². The molecule has 0 aromatic rings. The summed E-state index contributed by atoms with van der Waals surface area (Å²) in [6.07, 6.45) is 0. The third-order valence-electron chi connectivity index (χ3n) is 2.49. The van der Waals surface area contributed by atoms with Crippen molar-refractivity contribution in [1.29, 1.82) is 0 Å². The van der Waals surface area contributed by atoms with E-state index in [-0.39, 0.29) is 0 Å². The van der Waals surface area contributed by atoms with Gasteiger partial charge in [0.1, 0.15) is 0 Å². The Hall–Kier alpha value is 0.0538. The summed E-state index contributed by atoms with van der Waals surface area (Å²) in [5.74, 6) is 0. The van der Waals surface area contributed by atoms with Gasteiger partial charge in [-0.15, -0.1) is 6.58 Å². The molecular formula is C7H18O3Si2. The van der Waals surface area contributed by atoms with Gasteiger partial charge in [0.2, 0.25) is 0 Å². The predicted molar refractivity (Wildman–Crippen MR) is 54.5 cm³/mol. The zero-order valence-electron chi connectivity index (χ0n) is 8.51. The maximum atomic E-state index is 5.47. The van der Waals surface area contributed by atoms with E-state index in [4.69, 9.17) is 13.3 Å². The smallest absolute Gasteiger partial charge is 0.350 e. The molecule has 0 saturated heterocycles. The topological polar surface area (TPSA) is 27.7 Å². The predicted octanol–water partition coefficient (Wildman–Crippen LogP) is 1.38. The summed E-state index contributed by atoms with van der Waals surface area (Å²) in [6.45, 7) is 7.84. The normalized spacial score (nSPS) is 17.1. The van der Waals surface area contributed by atoms with Gasteiger partial charge in [-0.3, -0.25) is 0 Å². The van der Waals surface area contributed by atoms with Crippen LogP contribution in [0.15, 0.2) is 12.3 Å². The minimum atomic E-state index is -2.15. The summed E-state index contributed by atoms with van der Waals surface area (Å²) >= 11 is 0. The van der Waals surface area contributed by atoms with Gasteiger partial charge in [-0.25, -0.2) is 0 Å². The minimum Gasteiger partial charge on any atom is -0.413 e. The number of hydrogen-bond donors (Lipinski definition) is 0. The molecule has 0 N–H and O–H groups in total. The van der Waals surface area contributed by atoms with Gasteiger partial charge in [-0.2, -0.15) is 0 Å². The van der Waals surface area contributed by atoms with Crippen molar-refractivity contribution >= 4 is 15.9 Å². The van der Waals surface area contributed by atoms with E-state index in [1.54, 1.807) is 21.3 Å². The van der Waals surface area contributed by atoms with E-state index in [0.29, 0.717) is 0 Å². The quantitative estimate of drug-likeness (QED) is 0.636. The van der Waals surface area contributed by atoms with Crippen LogP contribution in [0.5, 0.6) is 0 Å². The number of hydrogen-bond acceptors (Lipinski definition) is 3. The minimum absolute atomic E-state index is 1.67. The molecule has 3 nitrogen and oxygen atoms in total. The highest BCUT2D eigenvalue weighted by atomic mass is 29.3. The third-order valence-corrected chi connectivity index (χ3v) is 15.3. The number of rotatable bonds is 5. The van der Waals surface area contributed by atoms with Gasteiger partial charge < -0.3 is 13.3 Å². The summed E-state index contributed by atoms with van der Waals surface area (Å²) < 4.78 is 16.3. The second kappa shape index (κ2) is 4.34. The van der Waals surface area contributed by atoms with Crippen molar-refractivity contribution < 1.29 is 13.3 Å². The molecule has 0 spiro atoms. The zero-order valence-corrected chi connectivity index (χ0v) is 10.5. The van der Waals surface area contributed by atoms with Gasteiger partial charge in [0.15, 0.2) is 0 Å². The second-order valence-corrected chi connectivity index (χ2v) is 14.3.